The molecule has 3 aromatic heterocycles. The lowest BCUT2D eigenvalue weighted by molar-refractivity contribution is 0.300. The zero-order valence-corrected chi connectivity index (χ0v) is 17.3. The Morgan fingerprint density at radius 3 is 2.87 bits per heavy atom. The first-order chi connectivity index (χ1) is 15.2. The van der Waals surface area contributed by atoms with Crippen LogP contribution in [0.1, 0.15) is 12.5 Å². The Labute approximate surface area is 180 Å². The third-order valence-electron chi connectivity index (χ3n) is 5.08. The van der Waals surface area contributed by atoms with Crippen molar-refractivity contribution >= 4 is 18.2 Å². The smallest absolute Gasteiger partial charge is 0.246 e. The van der Waals surface area contributed by atoms with Crippen molar-refractivity contribution in [1.29, 1.82) is 5.26 Å². The van der Waals surface area contributed by atoms with E-state index < -0.39 is 0 Å². The van der Waals surface area contributed by atoms with Crippen molar-refractivity contribution in [3.63, 3.8) is 0 Å². The molecule has 31 heavy (non-hydrogen) atoms. The third kappa shape index (κ3) is 4.44. The molecule has 0 bridgehead atoms. The first-order valence-corrected chi connectivity index (χ1v) is 9.97. The van der Waals surface area contributed by atoms with Crippen LogP contribution in [0.5, 0.6) is 0 Å². The van der Waals surface area contributed by atoms with E-state index in [2.05, 4.69) is 55.3 Å². The van der Waals surface area contributed by atoms with Gasteiger partial charge in [0, 0.05) is 49.8 Å². The number of allylic oxidation sites excluding steroid dienone is 3. The van der Waals surface area contributed by atoms with Gasteiger partial charge in [-0.3, -0.25) is 4.98 Å². The maximum absolute atomic E-state index is 9.57. The third-order valence-corrected chi connectivity index (χ3v) is 5.08. The Hall–Kier alpha value is -4.03. The number of anilines is 1. The lowest BCUT2D eigenvalue weighted by Gasteiger charge is -2.29. The fourth-order valence-corrected chi connectivity index (χ4v) is 3.46. The fraction of sp³-hybridized carbons (Fsp3) is 0.227. The molecule has 0 atom stereocenters. The largest absolute Gasteiger partial charge is 0.372 e. The Balaban J connectivity index is 1.63. The van der Waals surface area contributed by atoms with Crippen molar-refractivity contribution in [2.45, 2.75) is 6.92 Å². The first kappa shape index (κ1) is 20.3. The minimum absolute atomic E-state index is 0.351. The van der Waals surface area contributed by atoms with E-state index in [0.29, 0.717) is 28.5 Å². The zero-order chi connectivity index (χ0) is 21.6. The van der Waals surface area contributed by atoms with Crippen LogP contribution < -0.4 is 10.6 Å². The van der Waals surface area contributed by atoms with Crippen molar-refractivity contribution < 1.29 is 0 Å². The summed E-state index contributed by atoms with van der Waals surface area (Å²) in [6.07, 6.45) is 8.93. The quantitative estimate of drug-likeness (QED) is 0.472. The molecular formula is C22H23N9. The van der Waals surface area contributed by atoms with E-state index >= 15 is 0 Å². The van der Waals surface area contributed by atoms with E-state index in [0.717, 1.165) is 37.4 Å². The van der Waals surface area contributed by atoms with E-state index in [-0.39, 0.29) is 0 Å². The number of piperazine rings is 1. The molecule has 2 N–H and O–H groups in total. The van der Waals surface area contributed by atoms with Crippen molar-refractivity contribution in [3.05, 3.63) is 66.0 Å². The van der Waals surface area contributed by atoms with Crippen LogP contribution in [-0.4, -0.2) is 57.4 Å². The number of hydrogen-bond donors (Lipinski definition) is 2. The molecule has 1 saturated heterocycles. The molecule has 0 unspecified atom stereocenters. The first-order valence-electron chi connectivity index (χ1n) is 9.97. The van der Waals surface area contributed by atoms with Gasteiger partial charge in [0.2, 0.25) is 5.95 Å². The molecule has 1 aliphatic rings. The SMILES string of the molecule is C=N/C(=C\C=C(/C)N1CCNCC1)Nc1ncc2cc(C#N)c(-c3cccnc3)n2n1. The van der Waals surface area contributed by atoms with Crippen LogP contribution in [0.3, 0.4) is 0 Å². The number of hydrogen-bond acceptors (Lipinski definition) is 8. The second-order valence-corrected chi connectivity index (χ2v) is 7.06. The van der Waals surface area contributed by atoms with Crippen LogP contribution in [-0.2, 0) is 0 Å². The molecular weight excluding hydrogens is 390 g/mol. The molecule has 9 nitrogen and oxygen atoms in total. The normalized spacial score (nSPS) is 15.0. The molecule has 0 amide bonds. The Morgan fingerprint density at radius 2 is 2.16 bits per heavy atom. The molecule has 0 spiro atoms. The summed E-state index contributed by atoms with van der Waals surface area (Å²) < 4.78 is 1.69. The molecule has 0 aliphatic carbocycles. The average molecular weight is 413 g/mol. The summed E-state index contributed by atoms with van der Waals surface area (Å²) in [5.74, 6) is 0.883. The molecule has 156 valence electrons. The highest BCUT2D eigenvalue weighted by molar-refractivity contribution is 5.73. The molecule has 4 heterocycles. The van der Waals surface area contributed by atoms with Crippen LogP contribution in [0.25, 0.3) is 16.8 Å². The topological polar surface area (TPSA) is 107 Å². The second-order valence-electron chi connectivity index (χ2n) is 7.06. The number of aliphatic imine (C=N–C) groups is 1. The molecule has 0 radical (unpaired) electrons. The molecule has 1 fully saturated rings. The maximum atomic E-state index is 9.57. The van der Waals surface area contributed by atoms with Crippen LogP contribution in [0, 0.1) is 11.3 Å². The van der Waals surface area contributed by atoms with Gasteiger partial charge >= 0.3 is 0 Å². The molecule has 1 aliphatic heterocycles. The van der Waals surface area contributed by atoms with Crippen molar-refractivity contribution in [1.82, 2.24) is 29.8 Å². The van der Waals surface area contributed by atoms with Gasteiger partial charge in [-0.2, -0.15) is 5.26 Å². The highest BCUT2D eigenvalue weighted by atomic mass is 15.3. The van der Waals surface area contributed by atoms with Gasteiger partial charge in [-0.25, -0.2) is 14.5 Å². The summed E-state index contributed by atoms with van der Waals surface area (Å²) in [5.41, 5.74) is 3.85. The summed E-state index contributed by atoms with van der Waals surface area (Å²) in [6.45, 7) is 9.64. The standard InChI is InChI=1S/C22H23N9/c1-16(30-10-8-25-9-11-30)5-6-20(24-2)28-22-27-15-19-12-18(13-23)21(31(19)29-22)17-4-3-7-26-14-17/h3-7,12,14-15,25H,2,8-11H2,1H3,(H,28,29)/b16-5+,20-6+. The monoisotopic (exact) mass is 413 g/mol. The van der Waals surface area contributed by atoms with Gasteiger partial charge in [0.25, 0.3) is 0 Å². The molecule has 0 aromatic carbocycles. The molecule has 3 aromatic rings. The highest BCUT2D eigenvalue weighted by Gasteiger charge is 2.15. The number of nitrogens with zero attached hydrogens (tertiary/aromatic N) is 7. The summed E-state index contributed by atoms with van der Waals surface area (Å²) >= 11 is 0. The number of rotatable bonds is 6. The lowest BCUT2D eigenvalue weighted by atomic mass is 10.1. The molecule has 0 saturated carbocycles. The van der Waals surface area contributed by atoms with E-state index in [1.807, 2.05) is 24.3 Å². The van der Waals surface area contributed by atoms with Crippen molar-refractivity contribution in [3.8, 4) is 17.3 Å². The number of fused-ring (bicyclic) bond motifs is 1. The lowest BCUT2D eigenvalue weighted by Crippen LogP contribution is -2.42. The predicted octanol–water partition coefficient (Wildman–Crippen LogP) is 2.43. The highest BCUT2D eigenvalue weighted by Crippen LogP contribution is 2.26. The Bertz CT molecular complexity index is 1180. The van der Waals surface area contributed by atoms with Crippen molar-refractivity contribution in [2.24, 2.45) is 4.99 Å². The minimum atomic E-state index is 0.351. The van der Waals surface area contributed by atoms with E-state index in [9.17, 15) is 5.26 Å². The van der Waals surface area contributed by atoms with Crippen LogP contribution >= 0.6 is 0 Å². The fourth-order valence-electron chi connectivity index (χ4n) is 3.46. The van der Waals surface area contributed by atoms with Crippen molar-refractivity contribution in [2.75, 3.05) is 31.5 Å². The summed E-state index contributed by atoms with van der Waals surface area (Å²) in [7, 11) is 0. The molecule has 9 heteroatoms. The van der Waals surface area contributed by atoms with Gasteiger partial charge in [0.1, 0.15) is 11.9 Å². The van der Waals surface area contributed by atoms with E-state index in [4.69, 9.17) is 0 Å². The summed E-state index contributed by atoms with van der Waals surface area (Å²) in [5, 5.41) is 20.6. The second kappa shape index (κ2) is 9.19. The van der Waals surface area contributed by atoms with E-state index in [1.54, 1.807) is 29.2 Å². The number of aromatic nitrogens is 4. The van der Waals surface area contributed by atoms with Gasteiger partial charge in [0.15, 0.2) is 0 Å². The van der Waals surface area contributed by atoms with Crippen LogP contribution in [0.4, 0.5) is 5.95 Å². The van der Waals surface area contributed by atoms with Gasteiger partial charge in [0.05, 0.1) is 23.0 Å². The Kier molecular flexibility index (Phi) is 6.01. The van der Waals surface area contributed by atoms with Gasteiger partial charge in [-0.15, -0.1) is 5.10 Å². The molecule has 4 rings (SSSR count). The predicted molar refractivity (Wildman–Crippen MR) is 120 cm³/mol. The number of nitrogens with one attached hydrogen (secondary N) is 2. The number of nitriles is 1. The van der Waals surface area contributed by atoms with Gasteiger partial charge in [-0.1, -0.05) is 0 Å². The average Bonchev–Trinajstić information content (AvgIpc) is 3.20. The summed E-state index contributed by atoms with van der Waals surface area (Å²) in [6, 6.07) is 7.70. The zero-order valence-electron chi connectivity index (χ0n) is 17.3. The van der Waals surface area contributed by atoms with Crippen LogP contribution in [0.15, 0.2) is 65.5 Å². The van der Waals surface area contributed by atoms with E-state index in [1.165, 1.54) is 0 Å². The number of pyridine rings is 1. The minimum Gasteiger partial charge on any atom is -0.372 e. The van der Waals surface area contributed by atoms with Crippen LogP contribution in [0.2, 0.25) is 0 Å². The Morgan fingerprint density at radius 1 is 1.32 bits per heavy atom. The summed E-state index contributed by atoms with van der Waals surface area (Å²) in [4.78, 5) is 14.9. The van der Waals surface area contributed by atoms with Gasteiger partial charge in [-0.05, 0) is 44.0 Å². The van der Waals surface area contributed by atoms with Gasteiger partial charge < -0.3 is 15.5 Å². The maximum Gasteiger partial charge on any atom is 0.246 e.